The lowest BCUT2D eigenvalue weighted by Crippen LogP contribution is -2.45. The zero-order chi connectivity index (χ0) is 18.4. The second-order valence-electron chi connectivity index (χ2n) is 5.35. The molecule has 134 valence electrons. The molecule has 3 amide bonds. The zero-order valence-electron chi connectivity index (χ0n) is 13.8. The van der Waals surface area contributed by atoms with E-state index in [-0.39, 0.29) is 29.3 Å². The zero-order valence-corrected chi connectivity index (χ0v) is 15.3. The van der Waals surface area contributed by atoms with E-state index in [1.54, 1.807) is 18.2 Å². The lowest BCUT2D eigenvalue weighted by molar-refractivity contribution is -0.117. The highest BCUT2D eigenvalue weighted by atomic mass is 35.5. The van der Waals surface area contributed by atoms with Crippen molar-refractivity contribution in [2.24, 2.45) is 0 Å². The molecule has 0 saturated carbocycles. The first-order valence-corrected chi connectivity index (χ1v) is 8.39. The number of carbonyl (C=O) groups is 2. The molecule has 2 N–H and O–H groups in total. The van der Waals surface area contributed by atoms with Crippen LogP contribution in [0.4, 0.5) is 16.3 Å². The summed E-state index contributed by atoms with van der Waals surface area (Å²) in [5.74, 6) is -0.103. The predicted octanol–water partition coefficient (Wildman–Crippen LogP) is 4.25. The van der Waals surface area contributed by atoms with Crippen molar-refractivity contribution < 1.29 is 14.1 Å². The molecule has 0 spiro atoms. The molecule has 1 aromatic carbocycles. The highest BCUT2D eigenvalue weighted by Crippen LogP contribution is 2.29. The summed E-state index contributed by atoms with van der Waals surface area (Å²) < 4.78 is 4.66. The number of halogens is 2. The molecule has 0 aliphatic heterocycles. The first-order chi connectivity index (χ1) is 11.9. The Hall–Kier alpha value is -2.25. The molecule has 0 fully saturated rings. The van der Waals surface area contributed by atoms with Gasteiger partial charge in [-0.15, -0.1) is 0 Å². The molecular weight excluding hydrogens is 367 g/mol. The Morgan fingerprint density at radius 3 is 2.68 bits per heavy atom. The van der Waals surface area contributed by atoms with Gasteiger partial charge in [0.15, 0.2) is 5.82 Å². The van der Waals surface area contributed by atoms with Crippen molar-refractivity contribution in [2.45, 2.75) is 26.3 Å². The Labute approximate surface area is 155 Å². The smallest absolute Gasteiger partial charge is 0.322 e. The fraction of sp³-hybridized carbons (Fsp3) is 0.312. The Morgan fingerprint density at radius 1 is 1.28 bits per heavy atom. The van der Waals surface area contributed by atoms with E-state index in [0.29, 0.717) is 17.1 Å². The van der Waals surface area contributed by atoms with Gasteiger partial charge in [0.2, 0.25) is 5.91 Å². The molecule has 0 radical (unpaired) electrons. The van der Waals surface area contributed by atoms with Crippen LogP contribution in [0.15, 0.2) is 35.1 Å². The standard InChI is InChI=1S/C16H18Cl2N4O3/c1-3-10(2)22(9-14(23)20-13-7-8-25-21-13)16(24)19-12-6-4-5-11(17)15(12)18/h4-8,10H,3,9H2,1-2H3,(H,19,24)(H,20,21,23). The number of carbonyl (C=O) groups excluding carboxylic acids is 2. The maximum atomic E-state index is 12.6. The number of amides is 3. The van der Waals surface area contributed by atoms with Gasteiger partial charge in [0.1, 0.15) is 12.8 Å². The van der Waals surface area contributed by atoms with E-state index in [1.807, 2.05) is 13.8 Å². The highest BCUT2D eigenvalue weighted by molar-refractivity contribution is 6.43. The largest absolute Gasteiger partial charge is 0.363 e. The van der Waals surface area contributed by atoms with Crippen LogP contribution in [-0.4, -0.2) is 34.6 Å². The number of benzene rings is 1. The molecule has 2 rings (SSSR count). The molecule has 7 nitrogen and oxygen atoms in total. The summed E-state index contributed by atoms with van der Waals surface area (Å²) >= 11 is 12.0. The lowest BCUT2D eigenvalue weighted by atomic mass is 10.2. The molecule has 9 heteroatoms. The third-order valence-electron chi connectivity index (χ3n) is 3.60. The van der Waals surface area contributed by atoms with Crippen LogP contribution in [0.2, 0.25) is 10.0 Å². The van der Waals surface area contributed by atoms with Gasteiger partial charge in [0, 0.05) is 12.1 Å². The normalized spacial score (nSPS) is 11.7. The van der Waals surface area contributed by atoms with Crippen molar-refractivity contribution in [3.63, 3.8) is 0 Å². The summed E-state index contributed by atoms with van der Waals surface area (Å²) in [5.41, 5.74) is 0.379. The van der Waals surface area contributed by atoms with E-state index < -0.39 is 6.03 Å². The summed E-state index contributed by atoms with van der Waals surface area (Å²) in [4.78, 5) is 26.2. The van der Waals surface area contributed by atoms with E-state index in [2.05, 4.69) is 20.3 Å². The molecule has 0 aliphatic rings. The molecular formula is C16H18Cl2N4O3. The number of anilines is 2. The minimum absolute atomic E-state index is 0.147. The molecule has 1 aromatic heterocycles. The number of aromatic nitrogens is 1. The average Bonchev–Trinajstić information content (AvgIpc) is 3.09. The number of rotatable bonds is 6. The van der Waals surface area contributed by atoms with Crippen molar-refractivity contribution in [3.05, 3.63) is 40.6 Å². The van der Waals surface area contributed by atoms with Crippen LogP contribution in [0.25, 0.3) is 0 Å². The highest BCUT2D eigenvalue weighted by Gasteiger charge is 2.23. The first-order valence-electron chi connectivity index (χ1n) is 7.64. The van der Waals surface area contributed by atoms with Gasteiger partial charge in [-0.1, -0.05) is 41.3 Å². The number of hydrogen-bond donors (Lipinski definition) is 2. The fourth-order valence-electron chi connectivity index (χ4n) is 2.05. The molecule has 25 heavy (non-hydrogen) atoms. The first kappa shape index (κ1) is 19.1. The van der Waals surface area contributed by atoms with Gasteiger partial charge >= 0.3 is 6.03 Å². The predicted molar refractivity (Wildman–Crippen MR) is 97.1 cm³/mol. The van der Waals surface area contributed by atoms with Crippen LogP contribution < -0.4 is 10.6 Å². The van der Waals surface area contributed by atoms with Crippen LogP contribution in [0.5, 0.6) is 0 Å². The van der Waals surface area contributed by atoms with Crippen molar-refractivity contribution in [2.75, 3.05) is 17.2 Å². The van der Waals surface area contributed by atoms with Gasteiger partial charge in [-0.3, -0.25) is 4.79 Å². The summed E-state index contributed by atoms with van der Waals surface area (Å²) in [6.45, 7) is 3.63. The Bertz CT molecular complexity index is 737. The Balaban J connectivity index is 2.09. The van der Waals surface area contributed by atoms with Crippen molar-refractivity contribution in [1.29, 1.82) is 0 Å². The van der Waals surface area contributed by atoms with Crippen molar-refractivity contribution >= 4 is 46.6 Å². The van der Waals surface area contributed by atoms with Crippen LogP contribution in [0.3, 0.4) is 0 Å². The molecule has 0 saturated heterocycles. The summed E-state index contributed by atoms with van der Waals surface area (Å²) in [7, 11) is 0. The summed E-state index contributed by atoms with van der Waals surface area (Å²) in [5, 5.41) is 9.43. The lowest BCUT2D eigenvalue weighted by Gasteiger charge is -2.28. The van der Waals surface area contributed by atoms with E-state index >= 15 is 0 Å². The molecule has 2 aromatic rings. The van der Waals surface area contributed by atoms with Crippen LogP contribution in [-0.2, 0) is 4.79 Å². The van der Waals surface area contributed by atoms with E-state index in [4.69, 9.17) is 23.2 Å². The van der Waals surface area contributed by atoms with E-state index in [1.165, 1.54) is 17.2 Å². The van der Waals surface area contributed by atoms with Gasteiger partial charge in [0.25, 0.3) is 0 Å². The Morgan fingerprint density at radius 2 is 2.04 bits per heavy atom. The van der Waals surface area contributed by atoms with Crippen LogP contribution >= 0.6 is 23.2 Å². The van der Waals surface area contributed by atoms with E-state index in [0.717, 1.165) is 0 Å². The van der Waals surface area contributed by atoms with Crippen molar-refractivity contribution in [3.8, 4) is 0 Å². The molecule has 1 unspecified atom stereocenters. The van der Waals surface area contributed by atoms with Crippen LogP contribution in [0, 0.1) is 0 Å². The number of nitrogens with one attached hydrogen (secondary N) is 2. The quantitative estimate of drug-likeness (QED) is 0.778. The third kappa shape index (κ3) is 5.11. The maximum Gasteiger partial charge on any atom is 0.322 e. The molecule has 0 bridgehead atoms. The second kappa shape index (κ2) is 8.73. The second-order valence-corrected chi connectivity index (χ2v) is 6.13. The van der Waals surface area contributed by atoms with Gasteiger partial charge in [-0.05, 0) is 25.5 Å². The fourth-order valence-corrected chi connectivity index (χ4v) is 2.40. The molecule has 1 atom stereocenters. The SMILES string of the molecule is CCC(C)N(CC(=O)Nc1ccon1)C(=O)Nc1cccc(Cl)c1Cl. The summed E-state index contributed by atoms with van der Waals surface area (Å²) in [6.07, 6.45) is 2.02. The number of nitrogens with zero attached hydrogens (tertiary/aromatic N) is 2. The van der Waals surface area contributed by atoms with Crippen LogP contribution in [0.1, 0.15) is 20.3 Å². The van der Waals surface area contributed by atoms with Gasteiger partial charge in [0.05, 0.1) is 15.7 Å². The Kier molecular flexibility index (Phi) is 6.66. The van der Waals surface area contributed by atoms with Crippen molar-refractivity contribution in [1.82, 2.24) is 10.1 Å². The third-order valence-corrected chi connectivity index (χ3v) is 4.42. The van der Waals surface area contributed by atoms with Gasteiger partial charge in [-0.25, -0.2) is 4.79 Å². The molecule has 0 aliphatic carbocycles. The minimum Gasteiger partial charge on any atom is -0.363 e. The monoisotopic (exact) mass is 384 g/mol. The average molecular weight is 385 g/mol. The van der Waals surface area contributed by atoms with Gasteiger partial charge < -0.3 is 20.1 Å². The molecule has 1 heterocycles. The topological polar surface area (TPSA) is 87.5 Å². The summed E-state index contributed by atoms with van der Waals surface area (Å²) in [6, 6.07) is 5.83. The minimum atomic E-state index is -0.450. The number of urea groups is 1. The number of hydrogen-bond acceptors (Lipinski definition) is 4. The van der Waals surface area contributed by atoms with E-state index in [9.17, 15) is 9.59 Å². The van der Waals surface area contributed by atoms with Gasteiger partial charge in [-0.2, -0.15) is 0 Å². The maximum absolute atomic E-state index is 12.6.